The van der Waals surface area contributed by atoms with Crippen molar-refractivity contribution in [1.29, 1.82) is 0 Å². The summed E-state index contributed by atoms with van der Waals surface area (Å²) in [6.07, 6.45) is 5.89. The molecule has 0 aliphatic heterocycles. The van der Waals surface area contributed by atoms with E-state index in [0.29, 0.717) is 17.2 Å². The van der Waals surface area contributed by atoms with Crippen molar-refractivity contribution in [2.45, 2.75) is 38.3 Å². The second-order valence-electron chi connectivity index (χ2n) is 5.67. The van der Waals surface area contributed by atoms with Crippen molar-refractivity contribution in [2.75, 3.05) is 5.32 Å². The Morgan fingerprint density at radius 3 is 2.78 bits per heavy atom. The predicted octanol–water partition coefficient (Wildman–Crippen LogP) is 2.90. The monoisotopic (exact) mass is 314 g/mol. The van der Waals surface area contributed by atoms with E-state index in [1.165, 1.54) is 12.3 Å². The topological polar surface area (TPSA) is 66.9 Å². The highest BCUT2D eigenvalue weighted by molar-refractivity contribution is 5.92. The van der Waals surface area contributed by atoms with E-state index < -0.39 is 0 Å². The van der Waals surface area contributed by atoms with Gasteiger partial charge >= 0.3 is 0 Å². The van der Waals surface area contributed by atoms with Gasteiger partial charge in [-0.1, -0.05) is 31.0 Å². The molecule has 0 radical (unpaired) electrons. The molecule has 1 aromatic heterocycles. The Morgan fingerprint density at radius 1 is 1.22 bits per heavy atom. The maximum atomic E-state index is 13.6. The molecule has 0 unspecified atom stereocenters. The fourth-order valence-electron chi connectivity index (χ4n) is 2.72. The normalized spacial score (nSPS) is 14.7. The average molecular weight is 314 g/mol. The average Bonchev–Trinajstić information content (AvgIpc) is 3.07. The summed E-state index contributed by atoms with van der Waals surface area (Å²) < 4.78 is 13.6. The number of carbonyl (C=O) groups is 1. The number of nitrogens with one attached hydrogen (secondary N) is 2. The lowest BCUT2D eigenvalue weighted by atomic mass is 10.2. The molecule has 0 bridgehead atoms. The molecule has 1 aliphatic carbocycles. The van der Waals surface area contributed by atoms with E-state index in [1.807, 2.05) is 0 Å². The number of hydrogen-bond acceptors (Lipinski definition) is 4. The van der Waals surface area contributed by atoms with Crippen LogP contribution < -0.4 is 10.6 Å². The number of halogens is 1. The third-order valence-corrected chi connectivity index (χ3v) is 3.97. The molecule has 0 atom stereocenters. The van der Waals surface area contributed by atoms with Crippen molar-refractivity contribution in [2.24, 2.45) is 0 Å². The summed E-state index contributed by atoms with van der Waals surface area (Å²) in [4.78, 5) is 20.5. The quantitative estimate of drug-likeness (QED) is 0.890. The standard InChI is InChI=1S/C17H19FN4O/c18-14-8-4-1-5-12(14)11-20-17-19-10-9-15(22-17)16(23)21-13-6-2-3-7-13/h1,4-5,8-10,13H,2-3,6-7,11H2,(H,21,23)(H,19,20,22). The number of carbonyl (C=O) groups excluding carboxylic acids is 1. The molecule has 1 amide bonds. The number of aromatic nitrogens is 2. The van der Waals surface area contributed by atoms with E-state index in [-0.39, 0.29) is 24.3 Å². The Hall–Kier alpha value is -2.50. The van der Waals surface area contributed by atoms with Crippen LogP contribution in [0.25, 0.3) is 0 Å². The number of rotatable bonds is 5. The largest absolute Gasteiger partial charge is 0.350 e. The first-order valence-electron chi connectivity index (χ1n) is 7.83. The summed E-state index contributed by atoms with van der Waals surface area (Å²) >= 11 is 0. The predicted molar refractivity (Wildman–Crippen MR) is 85.5 cm³/mol. The zero-order valence-electron chi connectivity index (χ0n) is 12.8. The molecule has 0 saturated heterocycles. The smallest absolute Gasteiger partial charge is 0.270 e. The van der Waals surface area contributed by atoms with Crippen LogP contribution in [0.1, 0.15) is 41.7 Å². The van der Waals surface area contributed by atoms with Gasteiger partial charge in [0.05, 0.1) is 0 Å². The van der Waals surface area contributed by atoms with Gasteiger partial charge in [0.1, 0.15) is 11.5 Å². The Balaban J connectivity index is 1.62. The molecule has 1 fully saturated rings. The zero-order chi connectivity index (χ0) is 16.1. The Morgan fingerprint density at radius 2 is 2.00 bits per heavy atom. The summed E-state index contributed by atoms with van der Waals surface area (Å²) in [5.74, 6) is -0.157. The summed E-state index contributed by atoms with van der Waals surface area (Å²) in [5.41, 5.74) is 0.847. The molecule has 23 heavy (non-hydrogen) atoms. The zero-order valence-corrected chi connectivity index (χ0v) is 12.8. The van der Waals surface area contributed by atoms with E-state index in [2.05, 4.69) is 20.6 Å². The van der Waals surface area contributed by atoms with Gasteiger partial charge in [0, 0.05) is 24.3 Å². The SMILES string of the molecule is O=C(NC1CCCC1)c1ccnc(NCc2ccccc2F)n1. The third kappa shape index (κ3) is 4.03. The van der Waals surface area contributed by atoms with Crippen molar-refractivity contribution >= 4 is 11.9 Å². The lowest BCUT2D eigenvalue weighted by molar-refractivity contribution is 0.0933. The van der Waals surface area contributed by atoms with Gasteiger partial charge in [0.25, 0.3) is 5.91 Å². The first-order chi connectivity index (χ1) is 11.2. The molecule has 1 heterocycles. The molecular formula is C17H19FN4O. The Bertz CT molecular complexity index is 686. The molecule has 1 aromatic carbocycles. The molecular weight excluding hydrogens is 295 g/mol. The fraction of sp³-hybridized carbons (Fsp3) is 0.353. The van der Waals surface area contributed by atoms with Crippen LogP contribution in [0.2, 0.25) is 0 Å². The van der Waals surface area contributed by atoms with Crippen LogP contribution in [0, 0.1) is 5.82 Å². The number of amides is 1. The second kappa shape index (κ2) is 7.17. The van der Waals surface area contributed by atoms with Crippen molar-refractivity contribution in [3.63, 3.8) is 0 Å². The highest BCUT2D eigenvalue weighted by Gasteiger charge is 2.18. The van der Waals surface area contributed by atoms with Crippen molar-refractivity contribution in [1.82, 2.24) is 15.3 Å². The van der Waals surface area contributed by atoms with Crippen molar-refractivity contribution < 1.29 is 9.18 Å². The molecule has 1 saturated carbocycles. The highest BCUT2D eigenvalue weighted by atomic mass is 19.1. The van der Waals surface area contributed by atoms with E-state index in [0.717, 1.165) is 25.7 Å². The number of nitrogens with zero attached hydrogens (tertiary/aromatic N) is 2. The van der Waals surface area contributed by atoms with E-state index in [4.69, 9.17) is 0 Å². The highest BCUT2D eigenvalue weighted by Crippen LogP contribution is 2.18. The Labute approximate surface area is 134 Å². The van der Waals surface area contributed by atoms with Crippen molar-refractivity contribution in [3.8, 4) is 0 Å². The van der Waals surface area contributed by atoms with Crippen molar-refractivity contribution in [3.05, 3.63) is 53.6 Å². The van der Waals surface area contributed by atoms with Gasteiger partial charge in [-0.3, -0.25) is 4.79 Å². The summed E-state index contributed by atoms with van der Waals surface area (Å²) in [5, 5.41) is 5.94. The Kier molecular flexibility index (Phi) is 4.80. The van der Waals surface area contributed by atoms with Crippen LogP contribution >= 0.6 is 0 Å². The molecule has 2 aromatic rings. The van der Waals surface area contributed by atoms with Gasteiger partial charge in [-0.05, 0) is 25.0 Å². The maximum absolute atomic E-state index is 13.6. The number of hydrogen-bond donors (Lipinski definition) is 2. The van der Waals surface area contributed by atoms with E-state index in [9.17, 15) is 9.18 Å². The second-order valence-corrected chi connectivity index (χ2v) is 5.67. The van der Waals surface area contributed by atoms with Gasteiger partial charge in [-0.15, -0.1) is 0 Å². The minimum Gasteiger partial charge on any atom is -0.350 e. The lowest BCUT2D eigenvalue weighted by Crippen LogP contribution is -2.33. The third-order valence-electron chi connectivity index (χ3n) is 3.97. The molecule has 0 spiro atoms. The van der Waals surface area contributed by atoms with E-state index in [1.54, 1.807) is 24.3 Å². The lowest BCUT2D eigenvalue weighted by Gasteiger charge is -2.12. The summed E-state index contributed by atoms with van der Waals surface area (Å²) in [6, 6.07) is 8.34. The van der Waals surface area contributed by atoms with Crippen LogP contribution in [0.15, 0.2) is 36.5 Å². The first kappa shape index (κ1) is 15.4. The fourth-order valence-corrected chi connectivity index (χ4v) is 2.72. The van der Waals surface area contributed by atoms with E-state index >= 15 is 0 Å². The molecule has 3 rings (SSSR count). The van der Waals surface area contributed by atoms with Crippen LogP contribution in [0.3, 0.4) is 0 Å². The molecule has 120 valence electrons. The minimum atomic E-state index is -0.282. The first-order valence-corrected chi connectivity index (χ1v) is 7.83. The van der Waals surface area contributed by atoms with Gasteiger partial charge in [0.2, 0.25) is 5.95 Å². The molecule has 5 nitrogen and oxygen atoms in total. The maximum Gasteiger partial charge on any atom is 0.270 e. The van der Waals surface area contributed by atoms with Crippen LogP contribution in [0.5, 0.6) is 0 Å². The van der Waals surface area contributed by atoms with Crippen LogP contribution in [-0.4, -0.2) is 21.9 Å². The molecule has 1 aliphatic rings. The molecule has 2 N–H and O–H groups in total. The number of anilines is 1. The number of benzene rings is 1. The molecule has 6 heteroatoms. The van der Waals surface area contributed by atoms with Crippen LogP contribution in [-0.2, 0) is 6.54 Å². The van der Waals surface area contributed by atoms with Gasteiger partial charge in [-0.2, -0.15) is 0 Å². The van der Waals surface area contributed by atoms with Gasteiger partial charge < -0.3 is 10.6 Å². The summed E-state index contributed by atoms with van der Waals surface area (Å²) in [7, 11) is 0. The van der Waals surface area contributed by atoms with Gasteiger partial charge in [0.15, 0.2) is 0 Å². The van der Waals surface area contributed by atoms with Gasteiger partial charge in [-0.25, -0.2) is 14.4 Å². The van der Waals surface area contributed by atoms with Crippen LogP contribution in [0.4, 0.5) is 10.3 Å². The minimum absolute atomic E-state index is 0.187. The summed E-state index contributed by atoms with van der Waals surface area (Å²) in [6.45, 7) is 0.264.